The van der Waals surface area contributed by atoms with E-state index in [9.17, 15) is 4.79 Å². The van der Waals surface area contributed by atoms with E-state index >= 15 is 0 Å². The van der Waals surface area contributed by atoms with Crippen molar-refractivity contribution in [3.8, 4) is 0 Å². The van der Waals surface area contributed by atoms with Gasteiger partial charge in [-0.25, -0.2) is 4.98 Å². The average molecular weight is 388 g/mol. The molecule has 4 heterocycles. The maximum Gasteiger partial charge on any atom is 0.257 e. The Bertz CT molecular complexity index is 1220. The molecule has 0 radical (unpaired) electrons. The van der Waals surface area contributed by atoms with Crippen LogP contribution in [0.15, 0.2) is 47.2 Å². The van der Waals surface area contributed by atoms with E-state index in [4.69, 9.17) is 4.52 Å². The Morgan fingerprint density at radius 2 is 2.07 bits per heavy atom. The number of fused-ring (bicyclic) bond motifs is 2. The number of likely N-dealkylation sites (tertiary alicyclic amines) is 1. The molecular weight excluding hydrogens is 364 g/mol. The van der Waals surface area contributed by atoms with Gasteiger partial charge in [-0.2, -0.15) is 0 Å². The maximum atomic E-state index is 13.4. The summed E-state index contributed by atoms with van der Waals surface area (Å²) in [6, 6.07) is 10.3. The van der Waals surface area contributed by atoms with E-state index in [1.807, 2.05) is 11.0 Å². The Morgan fingerprint density at radius 3 is 2.90 bits per heavy atom. The van der Waals surface area contributed by atoms with Crippen LogP contribution in [0.1, 0.15) is 60.3 Å². The van der Waals surface area contributed by atoms with Gasteiger partial charge < -0.3 is 14.0 Å². The van der Waals surface area contributed by atoms with Crippen LogP contribution >= 0.6 is 0 Å². The molecule has 148 valence electrons. The predicted molar refractivity (Wildman–Crippen MR) is 112 cm³/mol. The highest BCUT2D eigenvalue weighted by molar-refractivity contribution is 5.98. The number of hydrogen-bond acceptors (Lipinski definition) is 4. The highest BCUT2D eigenvalue weighted by Gasteiger charge is 2.33. The third kappa shape index (κ3) is 2.82. The first kappa shape index (κ1) is 17.9. The second-order valence-corrected chi connectivity index (χ2v) is 8.17. The van der Waals surface area contributed by atoms with Gasteiger partial charge in [0.05, 0.1) is 22.7 Å². The van der Waals surface area contributed by atoms with Gasteiger partial charge in [0.2, 0.25) is 0 Å². The lowest BCUT2D eigenvalue weighted by Gasteiger charge is -2.24. The number of benzene rings is 1. The zero-order valence-electron chi connectivity index (χ0n) is 16.9. The summed E-state index contributed by atoms with van der Waals surface area (Å²) in [4.78, 5) is 19.8. The van der Waals surface area contributed by atoms with E-state index in [0.29, 0.717) is 11.3 Å². The molecule has 0 saturated carbocycles. The van der Waals surface area contributed by atoms with Gasteiger partial charge in [0, 0.05) is 42.5 Å². The molecule has 4 aromatic rings. The van der Waals surface area contributed by atoms with Gasteiger partial charge >= 0.3 is 0 Å². The van der Waals surface area contributed by atoms with Gasteiger partial charge in [-0.3, -0.25) is 4.79 Å². The van der Waals surface area contributed by atoms with Crippen LogP contribution in [0.2, 0.25) is 0 Å². The minimum absolute atomic E-state index is 0.0192. The van der Waals surface area contributed by atoms with E-state index in [2.05, 4.69) is 66.1 Å². The number of hydrogen-bond donors (Lipinski definition) is 0. The number of rotatable bonds is 3. The Balaban J connectivity index is 1.53. The molecule has 1 aliphatic heterocycles. The molecule has 29 heavy (non-hydrogen) atoms. The Hall–Kier alpha value is -3.15. The number of para-hydroxylation sites is 1. The highest BCUT2D eigenvalue weighted by Crippen LogP contribution is 2.38. The van der Waals surface area contributed by atoms with Gasteiger partial charge in [-0.1, -0.05) is 37.2 Å². The third-order valence-corrected chi connectivity index (χ3v) is 5.95. The van der Waals surface area contributed by atoms with Crippen LogP contribution in [-0.4, -0.2) is 32.1 Å². The van der Waals surface area contributed by atoms with Crippen LogP contribution in [0.25, 0.3) is 22.0 Å². The van der Waals surface area contributed by atoms with Crippen molar-refractivity contribution >= 4 is 27.9 Å². The first-order valence-electron chi connectivity index (χ1n) is 10.1. The summed E-state index contributed by atoms with van der Waals surface area (Å²) >= 11 is 0. The molecule has 0 spiro atoms. The molecule has 1 unspecified atom stereocenters. The third-order valence-electron chi connectivity index (χ3n) is 5.95. The number of carbonyl (C=O) groups excluding carboxylic acids is 1. The molecule has 6 nitrogen and oxygen atoms in total. The molecule has 0 aliphatic carbocycles. The summed E-state index contributed by atoms with van der Waals surface area (Å²) in [6.45, 7) is 4.87. The molecule has 1 amide bonds. The molecule has 1 atom stereocenters. The first-order valence-corrected chi connectivity index (χ1v) is 10.1. The predicted octanol–water partition coefficient (Wildman–Crippen LogP) is 4.82. The normalized spacial score (nSPS) is 17.1. The summed E-state index contributed by atoms with van der Waals surface area (Å²) in [6.07, 6.45) is 5.75. The quantitative estimate of drug-likeness (QED) is 0.505. The topological polar surface area (TPSA) is 64.2 Å². The SMILES string of the molecule is CC(C)c1noc2ncc(C(=O)N3CCCC3c3cn(C)c4ccccc34)cc12. The second kappa shape index (κ2) is 6.72. The second-order valence-electron chi connectivity index (χ2n) is 8.17. The van der Waals surface area contributed by atoms with Gasteiger partial charge in [0.15, 0.2) is 0 Å². The van der Waals surface area contributed by atoms with Crippen molar-refractivity contribution in [2.24, 2.45) is 7.05 Å². The zero-order chi connectivity index (χ0) is 20.1. The fourth-order valence-electron chi connectivity index (χ4n) is 4.52. The van der Waals surface area contributed by atoms with Crippen LogP contribution < -0.4 is 0 Å². The molecule has 1 aromatic carbocycles. The number of pyridine rings is 1. The summed E-state index contributed by atoms with van der Waals surface area (Å²) in [5.41, 5.74) is 4.33. The molecule has 3 aromatic heterocycles. The van der Waals surface area contributed by atoms with Crippen molar-refractivity contribution in [3.63, 3.8) is 0 Å². The van der Waals surface area contributed by atoms with E-state index < -0.39 is 0 Å². The molecule has 1 fully saturated rings. The fourth-order valence-corrected chi connectivity index (χ4v) is 4.52. The number of aryl methyl sites for hydroxylation is 1. The van der Waals surface area contributed by atoms with Crippen LogP contribution in [-0.2, 0) is 7.05 Å². The van der Waals surface area contributed by atoms with Gasteiger partial charge in [0.1, 0.15) is 0 Å². The van der Waals surface area contributed by atoms with Crippen molar-refractivity contribution < 1.29 is 9.32 Å². The smallest absolute Gasteiger partial charge is 0.257 e. The minimum atomic E-state index is 0.0192. The Labute approximate surface area is 169 Å². The molecule has 0 N–H and O–H groups in total. The number of nitrogens with zero attached hydrogens (tertiary/aromatic N) is 4. The van der Waals surface area contributed by atoms with Gasteiger partial charge in [-0.05, 0) is 30.9 Å². The molecule has 5 rings (SSSR count). The first-order chi connectivity index (χ1) is 14.0. The maximum absolute atomic E-state index is 13.4. The Kier molecular flexibility index (Phi) is 4.15. The lowest BCUT2D eigenvalue weighted by Crippen LogP contribution is -2.30. The molecule has 1 saturated heterocycles. The van der Waals surface area contributed by atoms with Crippen LogP contribution in [0, 0.1) is 0 Å². The Morgan fingerprint density at radius 1 is 1.24 bits per heavy atom. The molecule has 6 heteroatoms. The standard InChI is InChI=1S/C23H24N4O2/c1-14(2)21-17-11-15(12-24-22(17)29-25-21)23(28)27-10-6-9-20(27)18-13-26(3)19-8-5-4-7-16(18)19/h4-5,7-8,11-14,20H,6,9-10H2,1-3H3. The van der Waals surface area contributed by atoms with Gasteiger partial charge in [0.25, 0.3) is 11.6 Å². The summed E-state index contributed by atoms with van der Waals surface area (Å²) in [7, 11) is 2.06. The van der Waals surface area contributed by atoms with Crippen molar-refractivity contribution in [3.05, 3.63) is 59.5 Å². The number of aromatic nitrogens is 3. The minimum Gasteiger partial charge on any atom is -0.350 e. The van der Waals surface area contributed by atoms with Crippen LogP contribution in [0.4, 0.5) is 0 Å². The number of amides is 1. The van der Waals surface area contributed by atoms with Crippen molar-refractivity contribution in [1.82, 2.24) is 19.6 Å². The van der Waals surface area contributed by atoms with E-state index in [0.717, 1.165) is 30.5 Å². The molecule has 1 aliphatic rings. The lowest BCUT2D eigenvalue weighted by molar-refractivity contribution is 0.0736. The average Bonchev–Trinajstić information content (AvgIpc) is 3.44. The monoisotopic (exact) mass is 388 g/mol. The van der Waals surface area contributed by atoms with Crippen LogP contribution in [0.5, 0.6) is 0 Å². The van der Waals surface area contributed by atoms with E-state index in [1.54, 1.807) is 6.20 Å². The zero-order valence-corrected chi connectivity index (χ0v) is 16.9. The molecular formula is C23H24N4O2. The van der Waals surface area contributed by atoms with E-state index in [1.165, 1.54) is 16.5 Å². The fraction of sp³-hybridized carbons (Fsp3) is 0.348. The lowest BCUT2D eigenvalue weighted by atomic mass is 10.0. The van der Waals surface area contributed by atoms with Crippen molar-refractivity contribution in [2.75, 3.05) is 6.54 Å². The van der Waals surface area contributed by atoms with E-state index in [-0.39, 0.29) is 17.9 Å². The van der Waals surface area contributed by atoms with Crippen molar-refractivity contribution in [2.45, 2.75) is 38.6 Å². The van der Waals surface area contributed by atoms with Crippen molar-refractivity contribution in [1.29, 1.82) is 0 Å². The molecule has 0 bridgehead atoms. The van der Waals surface area contributed by atoms with Crippen LogP contribution in [0.3, 0.4) is 0 Å². The number of carbonyl (C=O) groups is 1. The summed E-state index contributed by atoms with van der Waals surface area (Å²) in [5.74, 6) is 0.226. The van der Waals surface area contributed by atoms with Gasteiger partial charge in [-0.15, -0.1) is 0 Å². The summed E-state index contributed by atoms with van der Waals surface area (Å²) < 4.78 is 7.47. The summed E-state index contributed by atoms with van der Waals surface area (Å²) in [5, 5.41) is 6.17. The highest BCUT2D eigenvalue weighted by atomic mass is 16.5. The largest absolute Gasteiger partial charge is 0.350 e.